The number of carbonyl (C=O) groups is 1. The molecule has 1 heterocycles. The van der Waals surface area contributed by atoms with Crippen molar-refractivity contribution in [2.45, 2.75) is 25.9 Å². The molecule has 0 bridgehead atoms. The minimum atomic E-state index is -0.202. The molecule has 6 heteroatoms. The molecule has 1 saturated carbocycles. The lowest BCUT2D eigenvalue weighted by molar-refractivity contribution is 0.0935. The number of aromatic nitrogens is 1. The van der Waals surface area contributed by atoms with E-state index < -0.39 is 0 Å². The Kier molecular flexibility index (Phi) is 5.22. The zero-order chi connectivity index (χ0) is 13.7. The minimum absolute atomic E-state index is 0.202. The molecule has 0 saturated heterocycles. The molecule has 19 heavy (non-hydrogen) atoms. The van der Waals surface area contributed by atoms with E-state index in [2.05, 4.69) is 10.5 Å². The SMILES string of the molecule is COCc1cc(C(=O)NCC2CCCC2CCl)no1. The summed E-state index contributed by atoms with van der Waals surface area (Å²) in [5, 5.41) is 6.63. The fraction of sp³-hybridized carbons (Fsp3) is 0.692. The molecule has 1 N–H and O–H groups in total. The molecule has 2 unspecified atom stereocenters. The predicted octanol–water partition coefficient (Wildman–Crippen LogP) is 2.21. The normalized spacial score (nSPS) is 22.6. The highest BCUT2D eigenvalue weighted by atomic mass is 35.5. The zero-order valence-electron chi connectivity index (χ0n) is 11.0. The molecule has 0 aromatic carbocycles. The van der Waals surface area contributed by atoms with Crippen LogP contribution in [0.5, 0.6) is 0 Å². The van der Waals surface area contributed by atoms with Crippen LogP contribution in [0.1, 0.15) is 35.5 Å². The lowest BCUT2D eigenvalue weighted by Gasteiger charge is -2.16. The highest BCUT2D eigenvalue weighted by Gasteiger charge is 2.27. The number of amides is 1. The number of rotatable bonds is 6. The number of ether oxygens (including phenoxy) is 1. The number of methoxy groups -OCH3 is 1. The van der Waals surface area contributed by atoms with Crippen molar-refractivity contribution in [3.8, 4) is 0 Å². The van der Waals surface area contributed by atoms with Crippen LogP contribution in [0.3, 0.4) is 0 Å². The Labute approximate surface area is 117 Å². The number of nitrogens with one attached hydrogen (secondary N) is 1. The zero-order valence-corrected chi connectivity index (χ0v) is 11.8. The Morgan fingerprint density at radius 3 is 3.11 bits per heavy atom. The van der Waals surface area contributed by atoms with Gasteiger partial charge in [0.15, 0.2) is 11.5 Å². The van der Waals surface area contributed by atoms with Crippen molar-refractivity contribution in [1.29, 1.82) is 0 Å². The number of halogens is 1. The maximum atomic E-state index is 11.9. The van der Waals surface area contributed by atoms with Crippen molar-refractivity contribution in [1.82, 2.24) is 10.5 Å². The van der Waals surface area contributed by atoms with Gasteiger partial charge in [0.1, 0.15) is 6.61 Å². The molecule has 1 aromatic rings. The van der Waals surface area contributed by atoms with Crippen LogP contribution in [-0.4, -0.2) is 30.6 Å². The van der Waals surface area contributed by atoms with E-state index in [0.717, 1.165) is 12.8 Å². The van der Waals surface area contributed by atoms with E-state index in [-0.39, 0.29) is 5.91 Å². The van der Waals surface area contributed by atoms with Crippen LogP contribution in [0.25, 0.3) is 0 Å². The second kappa shape index (κ2) is 6.91. The van der Waals surface area contributed by atoms with Gasteiger partial charge in [0.05, 0.1) is 0 Å². The van der Waals surface area contributed by atoms with Gasteiger partial charge in [0.25, 0.3) is 5.91 Å². The Morgan fingerprint density at radius 2 is 2.37 bits per heavy atom. The minimum Gasteiger partial charge on any atom is -0.377 e. The van der Waals surface area contributed by atoms with Crippen molar-refractivity contribution in [3.63, 3.8) is 0 Å². The maximum Gasteiger partial charge on any atom is 0.273 e. The van der Waals surface area contributed by atoms with Crippen LogP contribution >= 0.6 is 11.6 Å². The lowest BCUT2D eigenvalue weighted by Crippen LogP contribution is -2.31. The summed E-state index contributed by atoms with van der Waals surface area (Å²) in [6.45, 7) is 0.972. The summed E-state index contributed by atoms with van der Waals surface area (Å²) >= 11 is 5.92. The quantitative estimate of drug-likeness (QED) is 0.814. The second-order valence-corrected chi connectivity index (χ2v) is 5.24. The molecular formula is C13H19ClN2O3. The van der Waals surface area contributed by atoms with Crippen LogP contribution < -0.4 is 5.32 Å². The van der Waals surface area contributed by atoms with E-state index in [9.17, 15) is 4.79 Å². The number of hydrogen-bond donors (Lipinski definition) is 1. The first-order valence-electron chi connectivity index (χ1n) is 6.53. The molecular weight excluding hydrogens is 268 g/mol. The molecule has 0 radical (unpaired) electrons. The summed E-state index contributed by atoms with van der Waals surface area (Å²) in [5.74, 6) is 2.01. The first-order chi connectivity index (χ1) is 9.24. The van der Waals surface area contributed by atoms with Gasteiger partial charge in [-0.3, -0.25) is 4.79 Å². The molecule has 0 spiro atoms. The van der Waals surface area contributed by atoms with E-state index in [1.807, 2.05) is 0 Å². The van der Waals surface area contributed by atoms with Crippen molar-refractivity contribution < 1.29 is 14.1 Å². The molecule has 106 valence electrons. The van der Waals surface area contributed by atoms with Gasteiger partial charge in [-0.15, -0.1) is 11.6 Å². The molecule has 1 amide bonds. The Morgan fingerprint density at radius 1 is 1.58 bits per heavy atom. The average Bonchev–Trinajstić information content (AvgIpc) is 3.04. The first-order valence-corrected chi connectivity index (χ1v) is 7.06. The Balaban J connectivity index is 1.83. The van der Waals surface area contributed by atoms with E-state index in [4.69, 9.17) is 20.9 Å². The third kappa shape index (κ3) is 3.70. The van der Waals surface area contributed by atoms with Gasteiger partial charge in [0.2, 0.25) is 0 Å². The van der Waals surface area contributed by atoms with Crippen molar-refractivity contribution >= 4 is 17.5 Å². The van der Waals surface area contributed by atoms with Crippen LogP contribution in [0.4, 0.5) is 0 Å². The number of alkyl halides is 1. The average molecular weight is 287 g/mol. The maximum absolute atomic E-state index is 11.9. The largest absolute Gasteiger partial charge is 0.377 e. The van der Waals surface area contributed by atoms with Crippen molar-refractivity contribution in [3.05, 3.63) is 17.5 Å². The summed E-state index contributed by atoms with van der Waals surface area (Å²) in [7, 11) is 1.56. The summed E-state index contributed by atoms with van der Waals surface area (Å²) in [4.78, 5) is 11.9. The standard InChI is InChI=1S/C13H19ClN2O3/c1-18-8-11-5-12(16-19-11)13(17)15-7-10-4-2-3-9(10)6-14/h5,9-10H,2-4,6-8H2,1H3,(H,15,17). The molecule has 5 nitrogen and oxygen atoms in total. The van der Waals surface area contributed by atoms with Crippen LogP contribution in [0.15, 0.2) is 10.6 Å². The molecule has 2 atom stereocenters. The number of hydrogen-bond acceptors (Lipinski definition) is 4. The van der Waals surface area contributed by atoms with Crippen LogP contribution in [0.2, 0.25) is 0 Å². The van der Waals surface area contributed by atoms with Gasteiger partial charge in [-0.05, 0) is 24.7 Å². The fourth-order valence-corrected chi connectivity index (χ4v) is 2.94. The Hall–Kier alpha value is -1.07. The van der Waals surface area contributed by atoms with Gasteiger partial charge in [0, 0.05) is 25.6 Å². The monoisotopic (exact) mass is 286 g/mol. The van der Waals surface area contributed by atoms with E-state index in [1.165, 1.54) is 6.42 Å². The highest BCUT2D eigenvalue weighted by Crippen LogP contribution is 2.31. The molecule has 1 fully saturated rings. The molecule has 2 rings (SSSR count). The smallest absolute Gasteiger partial charge is 0.273 e. The molecule has 1 aliphatic carbocycles. The molecule has 1 aromatic heterocycles. The summed E-state index contributed by atoms with van der Waals surface area (Å²) in [6.07, 6.45) is 3.48. The van der Waals surface area contributed by atoms with E-state index in [1.54, 1.807) is 13.2 Å². The van der Waals surface area contributed by atoms with Crippen LogP contribution in [0, 0.1) is 11.8 Å². The second-order valence-electron chi connectivity index (χ2n) is 4.93. The van der Waals surface area contributed by atoms with Crippen molar-refractivity contribution in [2.24, 2.45) is 11.8 Å². The van der Waals surface area contributed by atoms with Gasteiger partial charge in [-0.25, -0.2) is 0 Å². The summed E-state index contributed by atoms with van der Waals surface area (Å²) in [5.41, 5.74) is 0.299. The van der Waals surface area contributed by atoms with Crippen molar-refractivity contribution in [2.75, 3.05) is 19.5 Å². The first kappa shape index (κ1) is 14.3. The number of carbonyl (C=O) groups excluding carboxylic acids is 1. The van der Waals surface area contributed by atoms with Crippen LogP contribution in [-0.2, 0) is 11.3 Å². The van der Waals surface area contributed by atoms with E-state index >= 15 is 0 Å². The predicted molar refractivity (Wildman–Crippen MR) is 71.1 cm³/mol. The third-order valence-corrected chi connectivity index (χ3v) is 4.01. The number of nitrogens with zero attached hydrogens (tertiary/aromatic N) is 1. The Bertz CT molecular complexity index is 422. The fourth-order valence-electron chi connectivity index (χ4n) is 2.53. The third-order valence-electron chi connectivity index (χ3n) is 3.62. The van der Waals surface area contributed by atoms with Gasteiger partial charge in [-0.1, -0.05) is 11.6 Å². The van der Waals surface area contributed by atoms with E-state index in [0.29, 0.717) is 42.3 Å². The van der Waals surface area contributed by atoms with Gasteiger partial charge >= 0.3 is 0 Å². The lowest BCUT2D eigenvalue weighted by atomic mass is 9.98. The molecule has 1 aliphatic rings. The highest BCUT2D eigenvalue weighted by molar-refractivity contribution is 6.18. The topological polar surface area (TPSA) is 64.4 Å². The summed E-state index contributed by atoms with van der Waals surface area (Å²) < 4.78 is 9.89. The molecule has 0 aliphatic heterocycles. The van der Waals surface area contributed by atoms with Gasteiger partial charge in [-0.2, -0.15) is 0 Å². The van der Waals surface area contributed by atoms with Gasteiger partial charge < -0.3 is 14.6 Å². The summed E-state index contributed by atoms with van der Waals surface area (Å²) in [6, 6.07) is 1.60.